The summed E-state index contributed by atoms with van der Waals surface area (Å²) in [6, 6.07) is 10.7. The van der Waals surface area contributed by atoms with Gasteiger partial charge < -0.3 is 14.8 Å². The van der Waals surface area contributed by atoms with Crippen molar-refractivity contribution in [3.63, 3.8) is 0 Å². The number of hydrogen-bond donors (Lipinski definition) is 2. The Morgan fingerprint density at radius 2 is 1.67 bits per heavy atom. The van der Waals surface area contributed by atoms with Crippen LogP contribution in [0.1, 0.15) is 58.3 Å². The maximum Gasteiger partial charge on any atom is 0.412 e. The molecule has 162 valence electrons. The molecule has 0 fully saturated rings. The van der Waals surface area contributed by atoms with Gasteiger partial charge in [-0.3, -0.25) is 10.1 Å². The van der Waals surface area contributed by atoms with Crippen molar-refractivity contribution >= 4 is 17.7 Å². The fourth-order valence-electron chi connectivity index (χ4n) is 2.38. The van der Waals surface area contributed by atoms with E-state index < -0.39 is 17.5 Å². The summed E-state index contributed by atoms with van der Waals surface area (Å²) in [7, 11) is 0. The number of carbonyl (C=O) groups is 2. The van der Waals surface area contributed by atoms with Crippen molar-refractivity contribution < 1.29 is 23.5 Å². The number of rotatable bonds is 6. The first kappa shape index (κ1) is 23.2. The largest absolute Gasteiger partial charge is 0.457 e. The molecule has 7 heteroatoms. The Labute approximate surface area is 176 Å². The Kier molecular flexibility index (Phi) is 7.08. The standard InChI is InChI=1S/C23H29FN2O4/c1-7-23(5,6)26-20(27)15-9-8-10-16(13-15)29-17-11-12-19(18(24)14-17)25-21(28)30-22(2,3)4/h8-14H,7H2,1-6H3,(H,25,28)(H,26,27). The van der Waals surface area contributed by atoms with Crippen molar-refractivity contribution in [2.24, 2.45) is 0 Å². The summed E-state index contributed by atoms with van der Waals surface area (Å²) in [5.41, 5.74) is -0.592. The van der Waals surface area contributed by atoms with Gasteiger partial charge in [-0.15, -0.1) is 0 Å². The van der Waals surface area contributed by atoms with Gasteiger partial charge in [0.2, 0.25) is 0 Å². The number of benzene rings is 2. The molecule has 0 heterocycles. The van der Waals surface area contributed by atoms with Gasteiger partial charge >= 0.3 is 6.09 Å². The molecule has 0 aromatic heterocycles. The van der Waals surface area contributed by atoms with Crippen molar-refractivity contribution in [1.82, 2.24) is 5.32 Å². The van der Waals surface area contributed by atoms with Gasteiger partial charge in [0.15, 0.2) is 5.82 Å². The third-order valence-electron chi connectivity index (χ3n) is 4.24. The SMILES string of the molecule is CCC(C)(C)NC(=O)c1cccc(Oc2ccc(NC(=O)OC(C)(C)C)c(F)c2)c1. The maximum atomic E-state index is 14.4. The van der Waals surface area contributed by atoms with E-state index in [0.29, 0.717) is 11.3 Å². The van der Waals surface area contributed by atoms with Crippen LogP contribution in [0.3, 0.4) is 0 Å². The molecule has 6 nitrogen and oxygen atoms in total. The van der Waals surface area contributed by atoms with Gasteiger partial charge in [0.25, 0.3) is 5.91 Å². The van der Waals surface area contributed by atoms with E-state index >= 15 is 0 Å². The molecular formula is C23H29FN2O4. The molecule has 2 N–H and O–H groups in total. The molecule has 2 amide bonds. The van der Waals surface area contributed by atoms with Crippen LogP contribution in [0.2, 0.25) is 0 Å². The van der Waals surface area contributed by atoms with Crippen molar-refractivity contribution in [2.75, 3.05) is 5.32 Å². The molecule has 0 bridgehead atoms. The highest BCUT2D eigenvalue weighted by Gasteiger charge is 2.20. The zero-order valence-corrected chi connectivity index (χ0v) is 18.3. The average molecular weight is 416 g/mol. The molecule has 0 spiro atoms. The fraction of sp³-hybridized carbons (Fsp3) is 0.391. The van der Waals surface area contributed by atoms with Crippen molar-refractivity contribution in [3.05, 3.63) is 53.8 Å². The lowest BCUT2D eigenvalue weighted by atomic mass is 10.0. The Balaban J connectivity index is 2.09. The van der Waals surface area contributed by atoms with Crippen LogP contribution in [0, 0.1) is 5.82 Å². The van der Waals surface area contributed by atoms with E-state index in [-0.39, 0.29) is 22.9 Å². The summed E-state index contributed by atoms with van der Waals surface area (Å²) in [5, 5.41) is 5.32. The highest BCUT2D eigenvalue weighted by molar-refractivity contribution is 5.95. The van der Waals surface area contributed by atoms with E-state index in [1.807, 2.05) is 20.8 Å². The zero-order chi connectivity index (χ0) is 22.5. The van der Waals surface area contributed by atoms with Crippen LogP contribution in [0.15, 0.2) is 42.5 Å². The minimum atomic E-state index is -0.746. The van der Waals surface area contributed by atoms with Gasteiger partial charge in [-0.2, -0.15) is 0 Å². The van der Waals surface area contributed by atoms with Crippen LogP contribution in [0.4, 0.5) is 14.9 Å². The summed E-state index contributed by atoms with van der Waals surface area (Å²) in [5.74, 6) is -0.259. The maximum absolute atomic E-state index is 14.4. The van der Waals surface area contributed by atoms with Gasteiger partial charge in [0, 0.05) is 17.2 Å². The second-order valence-corrected chi connectivity index (χ2v) is 8.59. The van der Waals surface area contributed by atoms with Gasteiger partial charge in [-0.1, -0.05) is 13.0 Å². The molecule has 2 aromatic rings. The number of carbonyl (C=O) groups excluding carboxylic acids is 2. The summed E-state index contributed by atoms with van der Waals surface area (Å²) in [4.78, 5) is 24.3. The first-order valence-corrected chi connectivity index (χ1v) is 9.78. The topological polar surface area (TPSA) is 76.7 Å². The first-order chi connectivity index (χ1) is 13.9. The van der Waals surface area contributed by atoms with Crippen LogP contribution in [-0.4, -0.2) is 23.1 Å². The first-order valence-electron chi connectivity index (χ1n) is 9.78. The summed E-state index contributed by atoms with van der Waals surface area (Å²) in [6.07, 6.45) is 0.0431. The second-order valence-electron chi connectivity index (χ2n) is 8.59. The quantitative estimate of drug-likeness (QED) is 0.616. The Bertz CT molecular complexity index is 920. The summed E-state index contributed by atoms with van der Waals surface area (Å²) >= 11 is 0. The number of halogens is 1. The number of hydrogen-bond acceptors (Lipinski definition) is 4. The Hall–Kier alpha value is -3.09. The Morgan fingerprint density at radius 1 is 1.00 bits per heavy atom. The highest BCUT2D eigenvalue weighted by Crippen LogP contribution is 2.27. The molecule has 2 aromatic carbocycles. The van der Waals surface area contributed by atoms with Crippen LogP contribution in [0.5, 0.6) is 11.5 Å². The minimum Gasteiger partial charge on any atom is -0.457 e. The predicted octanol–water partition coefficient (Wildman–Crippen LogP) is 5.88. The van der Waals surface area contributed by atoms with E-state index in [1.165, 1.54) is 12.1 Å². The minimum absolute atomic E-state index is 0.0217. The van der Waals surface area contributed by atoms with Crippen LogP contribution >= 0.6 is 0 Å². The van der Waals surface area contributed by atoms with Gasteiger partial charge in [0.1, 0.15) is 17.1 Å². The van der Waals surface area contributed by atoms with E-state index in [1.54, 1.807) is 45.0 Å². The number of anilines is 1. The summed E-state index contributed by atoms with van der Waals surface area (Å²) in [6.45, 7) is 11.0. The molecule has 0 aliphatic heterocycles. The van der Waals surface area contributed by atoms with Crippen LogP contribution in [-0.2, 0) is 4.74 Å². The van der Waals surface area contributed by atoms with E-state index in [0.717, 1.165) is 12.5 Å². The second kappa shape index (κ2) is 9.15. The lowest BCUT2D eigenvalue weighted by Gasteiger charge is -2.24. The highest BCUT2D eigenvalue weighted by atomic mass is 19.1. The molecule has 2 rings (SSSR count). The normalized spacial score (nSPS) is 11.6. The molecule has 0 saturated carbocycles. The average Bonchev–Trinajstić information content (AvgIpc) is 2.62. The molecule has 0 atom stereocenters. The number of nitrogens with one attached hydrogen (secondary N) is 2. The van der Waals surface area contributed by atoms with E-state index in [2.05, 4.69) is 10.6 Å². The smallest absolute Gasteiger partial charge is 0.412 e. The lowest BCUT2D eigenvalue weighted by molar-refractivity contribution is 0.0635. The van der Waals surface area contributed by atoms with Gasteiger partial charge in [-0.05, 0) is 71.4 Å². The predicted molar refractivity (Wildman–Crippen MR) is 115 cm³/mol. The molecule has 30 heavy (non-hydrogen) atoms. The molecule has 0 aliphatic carbocycles. The van der Waals surface area contributed by atoms with E-state index in [9.17, 15) is 14.0 Å². The van der Waals surface area contributed by atoms with Gasteiger partial charge in [-0.25, -0.2) is 9.18 Å². The number of amides is 2. The van der Waals surface area contributed by atoms with Crippen molar-refractivity contribution in [1.29, 1.82) is 0 Å². The molecule has 0 aliphatic rings. The van der Waals surface area contributed by atoms with Crippen molar-refractivity contribution in [3.8, 4) is 11.5 Å². The lowest BCUT2D eigenvalue weighted by Crippen LogP contribution is -2.42. The monoisotopic (exact) mass is 416 g/mol. The molecular weight excluding hydrogens is 387 g/mol. The summed E-state index contributed by atoms with van der Waals surface area (Å²) < 4.78 is 25.2. The Morgan fingerprint density at radius 3 is 2.27 bits per heavy atom. The molecule has 0 saturated heterocycles. The number of ether oxygens (including phenoxy) is 2. The van der Waals surface area contributed by atoms with Crippen LogP contribution in [0.25, 0.3) is 0 Å². The molecule has 0 unspecified atom stereocenters. The molecule has 0 radical (unpaired) electrons. The van der Waals surface area contributed by atoms with Gasteiger partial charge in [0.05, 0.1) is 5.69 Å². The van der Waals surface area contributed by atoms with E-state index in [4.69, 9.17) is 9.47 Å². The third kappa shape index (κ3) is 7.06. The zero-order valence-electron chi connectivity index (χ0n) is 18.3. The van der Waals surface area contributed by atoms with Crippen LogP contribution < -0.4 is 15.4 Å². The third-order valence-corrected chi connectivity index (χ3v) is 4.24. The van der Waals surface area contributed by atoms with Crippen molar-refractivity contribution in [2.45, 2.75) is 59.1 Å². The fourth-order valence-corrected chi connectivity index (χ4v) is 2.38.